The van der Waals surface area contributed by atoms with Crippen LogP contribution in [0.2, 0.25) is 0 Å². The fraction of sp³-hybridized carbons (Fsp3) is 0.538. The molecule has 0 amide bonds. The first kappa shape index (κ1) is 11.4. The molecular weight excluding hydrogens is 302 g/mol. The third kappa shape index (κ3) is 2.92. The molecule has 0 radical (unpaired) electrons. The normalized spacial score (nSPS) is 26.5. The summed E-state index contributed by atoms with van der Waals surface area (Å²) < 4.78 is 14.1. The van der Waals surface area contributed by atoms with Crippen molar-refractivity contribution in [2.24, 2.45) is 5.92 Å². The number of benzene rings is 1. The highest BCUT2D eigenvalue weighted by Crippen LogP contribution is 2.36. The number of halogens is 2. The Morgan fingerprint density at radius 3 is 2.20 bits per heavy atom. The van der Waals surface area contributed by atoms with Crippen LogP contribution in [0.25, 0.3) is 0 Å². The quantitative estimate of drug-likeness (QED) is 0.555. The maximum atomic E-state index is 12.8. The molecule has 0 nitrogen and oxygen atoms in total. The molecule has 0 atom stereocenters. The number of rotatable bonds is 2. The summed E-state index contributed by atoms with van der Waals surface area (Å²) in [5.74, 6) is 1.46. The summed E-state index contributed by atoms with van der Waals surface area (Å²) in [7, 11) is 0. The van der Waals surface area contributed by atoms with E-state index in [9.17, 15) is 4.39 Å². The van der Waals surface area contributed by atoms with Gasteiger partial charge in [0.15, 0.2) is 0 Å². The van der Waals surface area contributed by atoms with Crippen LogP contribution in [-0.4, -0.2) is 4.43 Å². The van der Waals surface area contributed by atoms with Crippen LogP contribution in [0, 0.1) is 11.7 Å². The summed E-state index contributed by atoms with van der Waals surface area (Å²) in [4.78, 5) is 0. The van der Waals surface area contributed by atoms with E-state index in [4.69, 9.17) is 0 Å². The minimum absolute atomic E-state index is 0.125. The Morgan fingerprint density at radius 1 is 1.07 bits per heavy atom. The smallest absolute Gasteiger partial charge is 0.123 e. The van der Waals surface area contributed by atoms with Gasteiger partial charge in [-0.2, -0.15) is 0 Å². The van der Waals surface area contributed by atoms with E-state index in [0.29, 0.717) is 5.92 Å². The molecule has 2 rings (SSSR count). The molecule has 1 aromatic carbocycles. The minimum Gasteiger partial charge on any atom is -0.207 e. The lowest BCUT2D eigenvalue weighted by Crippen LogP contribution is -2.14. The van der Waals surface area contributed by atoms with E-state index in [1.807, 2.05) is 12.1 Å². The predicted molar refractivity (Wildman–Crippen MR) is 70.0 cm³/mol. The first-order chi connectivity index (χ1) is 7.29. The Morgan fingerprint density at radius 2 is 1.67 bits per heavy atom. The Kier molecular flexibility index (Phi) is 4.00. The van der Waals surface area contributed by atoms with Gasteiger partial charge < -0.3 is 0 Å². The highest BCUT2D eigenvalue weighted by Gasteiger charge is 2.21. The summed E-state index contributed by atoms with van der Waals surface area (Å²) in [5.41, 5.74) is 1.32. The SMILES string of the molecule is Fc1ccc([C@H]2CC[C@H](CI)CC2)cc1. The van der Waals surface area contributed by atoms with E-state index in [-0.39, 0.29) is 5.82 Å². The summed E-state index contributed by atoms with van der Waals surface area (Å²) in [6.07, 6.45) is 5.23. The van der Waals surface area contributed by atoms with Gasteiger partial charge in [-0.25, -0.2) is 4.39 Å². The predicted octanol–water partition coefficient (Wildman–Crippen LogP) is 4.53. The van der Waals surface area contributed by atoms with Crippen LogP contribution in [-0.2, 0) is 0 Å². The van der Waals surface area contributed by atoms with Crippen molar-refractivity contribution in [1.82, 2.24) is 0 Å². The van der Waals surface area contributed by atoms with Crippen LogP contribution >= 0.6 is 22.6 Å². The summed E-state index contributed by atoms with van der Waals surface area (Å²) in [6.45, 7) is 0. The molecule has 1 aromatic rings. The lowest BCUT2D eigenvalue weighted by Gasteiger charge is -2.27. The third-order valence-electron chi connectivity index (χ3n) is 3.41. The zero-order valence-corrected chi connectivity index (χ0v) is 10.9. The molecule has 1 saturated carbocycles. The summed E-state index contributed by atoms with van der Waals surface area (Å²) >= 11 is 2.48. The van der Waals surface area contributed by atoms with Gasteiger partial charge in [-0.1, -0.05) is 34.7 Å². The molecule has 0 saturated heterocycles. The van der Waals surface area contributed by atoms with Crippen LogP contribution in [0.5, 0.6) is 0 Å². The molecule has 0 unspecified atom stereocenters. The molecule has 0 spiro atoms. The first-order valence-corrected chi connectivity index (χ1v) is 7.13. The molecule has 1 fully saturated rings. The first-order valence-electron chi connectivity index (χ1n) is 5.61. The van der Waals surface area contributed by atoms with Crippen molar-refractivity contribution >= 4 is 22.6 Å². The van der Waals surface area contributed by atoms with Gasteiger partial charge in [-0.3, -0.25) is 0 Å². The summed E-state index contributed by atoms with van der Waals surface area (Å²) in [6, 6.07) is 7.06. The molecule has 1 aliphatic rings. The maximum absolute atomic E-state index is 12.8. The second kappa shape index (κ2) is 5.28. The second-order valence-electron chi connectivity index (χ2n) is 4.42. The summed E-state index contributed by atoms with van der Waals surface area (Å²) in [5, 5.41) is 0. The molecule has 1 aliphatic carbocycles. The average molecular weight is 318 g/mol. The molecule has 2 heteroatoms. The van der Waals surface area contributed by atoms with Crippen molar-refractivity contribution in [3.63, 3.8) is 0 Å². The Labute approximate surface area is 104 Å². The van der Waals surface area contributed by atoms with Gasteiger partial charge in [0.25, 0.3) is 0 Å². The molecule has 82 valence electrons. The number of alkyl halides is 1. The number of hydrogen-bond donors (Lipinski definition) is 0. The number of hydrogen-bond acceptors (Lipinski definition) is 0. The second-order valence-corrected chi connectivity index (χ2v) is 5.30. The van der Waals surface area contributed by atoms with Crippen LogP contribution < -0.4 is 0 Å². The van der Waals surface area contributed by atoms with E-state index in [0.717, 1.165) is 5.92 Å². The van der Waals surface area contributed by atoms with E-state index < -0.39 is 0 Å². The largest absolute Gasteiger partial charge is 0.207 e. The standard InChI is InChI=1S/C13H16FI/c14-13-7-5-12(6-8-13)11-3-1-10(9-15)2-4-11/h5-8,10-11H,1-4,9H2/t10-,11-. The van der Waals surface area contributed by atoms with Crippen molar-refractivity contribution in [3.05, 3.63) is 35.6 Å². The van der Waals surface area contributed by atoms with Gasteiger partial charge >= 0.3 is 0 Å². The zero-order valence-electron chi connectivity index (χ0n) is 8.76. The minimum atomic E-state index is -0.125. The van der Waals surface area contributed by atoms with Gasteiger partial charge in [0.05, 0.1) is 0 Å². The van der Waals surface area contributed by atoms with Crippen molar-refractivity contribution in [2.75, 3.05) is 4.43 Å². The average Bonchev–Trinajstić information content (AvgIpc) is 2.30. The fourth-order valence-electron chi connectivity index (χ4n) is 2.39. The Hall–Kier alpha value is -0.120. The lowest BCUT2D eigenvalue weighted by atomic mass is 9.79. The van der Waals surface area contributed by atoms with Gasteiger partial charge in [-0.05, 0) is 55.2 Å². The van der Waals surface area contributed by atoms with Crippen molar-refractivity contribution in [1.29, 1.82) is 0 Å². The van der Waals surface area contributed by atoms with Crippen LogP contribution in [0.1, 0.15) is 37.2 Å². The molecule has 0 bridgehead atoms. The highest BCUT2D eigenvalue weighted by molar-refractivity contribution is 14.1. The van der Waals surface area contributed by atoms with Crippen molar-refractivity contribution < 1.29 is 4.39 Å². The maximum Gasteiger partial charge on any atom is 0.123 e. The monoisotopic (exact) mass is 318 g/mol. The molecule has 0 heterocycles. The van der Waals surface area contributed by atoms with Crippen molar-refractivity contribution in [3.8, 4) is 0 Å². The molecule has 0 N–H and O–H groups in total. The molecule has 0 aromatic heterocycles. The van der Waals surface area contributed by atoms with Gasteiger partial charge in [0, 0.05) is 4.43 Å². The Bertz CT molecular complexity index is 299. The Balaban J connectivity index is 1.98. The van der Waals surface area contributed by atoms with Crippen LogP contribution in [0.15, 0.2) is 24.3 Å². The van der Waals surface area contributed by atoms with E-state index in [1.54, 1.807) is 12.1 Å². The molecule has 15 heavy (non-hydrogen) atoms. The van der Waals surface area contributed by atoms with Crippen molar-refractivity contribution in [2.45, 2.75) is 31.6 Å². The van der Waals surface area contributed by atoms with E-state index in [1.165, 1.54) is 35.7 Å². The topological polar surface area (TPSA) is 0 Å². The lowest BCUT2D eigenvalue weighted by molar-refractivity contribution is 0.355. The van der Waals surface area contributed by atoms with E-state index >= 15 is 0 Å². The zero-order chi connectivity index (χ0) is 10.7. The van der Waals surface area contributed by atoms with Gasteiger partial charge in [-0.15, -0.1) is 0 Å². The fourth-order valence-corrected chi connectivity index (χ4v) is 3.27. The van der Waals surface area contributed by atoms with Gasteiger partial charge in [0.2, 0.25) is 0 Å². The van der Waals surface area contributed by atoms with Crippen LogP contribution in [0.3, 0.4) is 0 Å². The van der Waals surface area contributed by atoms with Crippen LogP contribution in [0.4, 0.5) is 4.39 Å². The molecule has 0 aliphatic heterocycles. The third-order valence-corrected chi connectivity index (χ3v) is 4.65. The van der Waals surface area contributed by atoms with Gasteiger partial charge in [0.1, 0.15) is 5.82 Å². The van der Waals surface area contributed by atoms with E-state index in [2.05, 4.69) is 22.6 Å². The molecular formula is C13H16FI. The highest BCUT2D eigenvalue weighted by atomic mass is 127.